The molecule has 2 fully saturated rings. The summed E-state index contributed by atoms with van der Waals surface area (Å²) < 4.78 is 13.3. The van der Waals surface area contributed by atoms with Crippen molar-refractivity contribution in [1.82, 2.24) is 9.80 Å². The third kappa shape index (κ3) is 3.98. The maximum atomic E-state index is 13.3. The average molecular weight is 429 g/mol. The lowest BCUT2D eigenvalue weighted by atomic mass is 9.95. The molecule has 0 aromatic heterocycles. The van der Waals surface area contributed by atoms with Crippen molar-refractivity contribution in [3.8, 4) is 0 Å². The number of hydrogen-bond acceptors (Lipinski definition) is 4. The molecular weight excluding hydrogens is 407 g/mol. The van der Waals surface area contributed by atoms with E-state index in [0.29, 0.717) is 23.7 Å². The maximum absolute atomic E-state index is 13.3. The molecule has 1 amide bonds. The van der Waals surface area contributed by atoms with Crippen LogP contribution in [0, 0.1) is 5.82 Å². The first-order valence-corrected chi connectivity index (χ1v) is 10.4. The summed E-state index contributed by atoms with van der Waals surface area (Å²) >= 11 is 6.02. The van der Waals surface area contributed by atoms with Crippen LogP contribution in [0.2, 0.25) is 5.02 Å². The third-order valence-electron chi connectivity index (χ3n) is 5.70. The van der Waals surface area contributed by atoms with E-state index in [1.807, 2.05) is 0 Å². The largest absolute Gasteiger partial charge is 0.507 e. The molecule has 0 aliphatic carbocycles. The molecule has 0 radical (unpaired) electrons. The summed E-state index contributed by atoms with van der Waals surface area (Å²) in [5, 5.41) is 11.4. The van der Waals surface area contributed by atoms with Gasteiger partial charge in [-0.25, -0.2) is 4.39 Å². The van der Waals surface area contributed by atoms with Gasteiger partial charge in [0.05, 0.1) is 11.6 Å². The van der Waals surface area contributed by atoms with Crippen molar-refractivity contribution in [2.75, 3.05) is 26.2 Å². The van der Waals surface area contributed by atoms with Crippen LogP contribution in [-0.4, -0.2) is 52.8 Å². The predicted octanol–water partition coefficient (Wildman–Crippen LogP) is 4.00. The van der Waals surface area contributed by atoms with Gasteiger partial charge in [0, 0.05) is 23.7 Å². The van der Waals surface area contributed by atoms with Gasteiger partial charge in [-0.15, -0.1) is 0 Å². The Hall–Kier alpha value is -2.70. The molecule has 2 aromatic rings. The van der Waals surface area contributed by atoms with Gasteiger partial charge in [0.15, 0.2) is 0 Å². The fourth-order valence-corrected chi connectivity index (χ4v) is 4.25. The Bertz CT molecular complexity index is 983. The van der Waals surface area contributed by atoms with Crippen molar-refractivity contribution < 1.29 is 19.1 Å². The minimum Gasteiger partial charge on any atom is -0.507 e. The van der Waals surface area contributed by atoms with E-state index in [1.54, 1.807) is 24.3 Å². The molecule has 0 spiro atoms. The summed E-state index contributed by atoms with van der Waals surface area (Å²) in [7, 11) is 0. The lowest BCUT2D eigenvalue weighted by molar-refractivity contribution is -0.140. The highest BCUT2D eigenvalue weighted by molar-refractivity contribution is 6.46. The van der Waals surface area contributed by atoms with Crippen LogP contribution < -0.4 is 0 Å². The minimum atomic E-state index is -0.738. The third-order valence-corrected chi connectivity index (χ3v) is 5.95. The zero-order valence-electron chi connectivity index (χ0n) is 16.4. The molecule has 2 heterocycles. The summed E-state index contributed by atoms with van der Waals surface area (Å²) in [5.41, 5.74) is 0.979. The van der Waals surface area contributed by atoms with Crippen LogP contribution in [0.3, 0.4) is 0 Å². The predicted molar refractivity (Wildman–Crippen MR) is 113 cm³/mol. The summed E-state index contributed by atoms with van der Waals surface area (Å²) in [6, 6.07) is 11.3. The molecule has 2 aliphatic heterocycles. The zero-order valence-corrected chi connectivity index (χ0v) is 17.1. The Morgan fingerprint density at radius 3 is 2.27 bits per heavy atom. The van der Waals surface area contributed by atoms with E-state index in [4.69, 9.17) is 11.6 Å². The van der Waals surface area contributed by atoms with Gasteiger partial charge in [-0.05, 0) is 67.9 Å². The van der Waals surface area contributed by atoms with E-state index in [-0.39, 0.29) is 16.9 Å². The number of hydrogen-bond donors (Lipinski definition) is 1. The molecule has 30 heavy (non-hydrogen) atoms. The molecular formula is C23H22ClFN2O3. The Kier molecular flexibility index (Phi) is 5.88. The number of benzene rings is 2. The topological polar surface area (TPSA) is 60.9 Å². The fourth-order valence-electron chi connectivity index (χ4n) is 4.12. The van der Waals surface area contributed by atoms with Crippen LogP contribution in [-0.2, 0) is 9.59 Å². The van der Waals surface area contributed by atoms with Crippen LogP contribution >= 0.6 is 11.6 Å². The summed E-state index contributed by atoms with van der Waals surface area (Å²) in [5.74, 6) is -2.14. The SMILES string of the molecule is O=C1C(=O)N(CCN2CCCC2)C(c2ccc(Cl)cc2)/C1=C(\O)c1ccc(F)cc1. The average Bonchev–Trinajstić information content (AvgIpc) is 3.34. The Balaban J connectivity index is 1.75. The number of likely N-dealkylation sites (tertiary alicyclic amines) is 2. The van der Waals surface area contributed by atoms with Gasteiger partial charge in [0.1, 0.15) is 11.6 Å². The van der Waals surface area contributed by atoms with Gasteiger partial charge in [-0.1, -0.05) is 23.7 Å². The number of carbonyl (C=O) groups excluding carboxylic acids is 2. The molecule has 0 saturated carbocycles. The molecule has 5 nitrogen and oxygen atoms in total. The van der Waals surface area contributed by atoms with Gasteiger partial charge in [0.25, 0.3) is 11.7 Å². The number of carbonyl (C=O) groups is 2. The number of aliphatic hydroxyl groups excluding tert-OH is 1. The van der Waals surface area contributed by atoms with E-state index in [2.05, 4.69) is 4.90 Å². The number of ketones is 1. The molecule has 156 valence electrons. The maximum Gasteiger partial charge on any atom is 0.295 e. The Labute approximate surface area is 179 Å². The second-order valence-corrected chi connectivity index (χ2v) is 8.04. The number of halogens is 2. The van der Waals surface area contributed by atoms with Gasteiger partial charge < -0.3 is 14.9 Å². The number of amides is 1. The molecule has 1 unspecified atom stereocenters. The van der Waals surface area contributed by atoms with Crippen LogP contribution in [0.15, 0.2) is 54.1 Å². The summed E-state index contributed by atoms with van der Waals surface area (Å²) in [4.78, 5) is 29.6. The lowest BCUT2D eigenvalue weighted by Gasteiger charge is -2.27. The molecule has 2 aliphatic rings. The van der Waals surface area contributed by atoms with Gasteiger partial charge in [-0.3, -0.25) is 9.59 Å². The highest BCUT2D eigenvalue weighted by Crippen LogP contribution is 2.39. The first-order chi connectivity index (χ1) is 14.5. The van der Waals surface area contributed by atoms with Crippen molar-refractivity contribution in [1.29, 1.82) is 0 Å². The van der Waals surface area contributed by atoms with Crippen molar-refractivity contribution in [2.45, 2.75) is 18.9 Å². The second-order valence-electron chi connectivity index (χ2n) is 7.60. The Morgan fingerprint density at radius 1 is 1.00 bits per heavy atom. The van der Waals surface area contributed by atoms with Crippen LogP contribution in [0.5, 0.6) is 0 Å². The van der Waals surface area contributed by atoms with Crippen molar-refractivity contribution in [2.24, 2.45) is 0 Å². The zero-order chi connectivity index (χ0) is 21.3. The van der Waals surface area contributed by atoms with Crippen molar-refractivity contribution in [3.63, 3.8) is 0 Å². The van der Waals surface area contributed by atoms with Crippen LogP contribution in [0.1, 0.15) is 30.0 Å². The molecule has 2 aromatic carbocycles. The Morgan fingerprint density at radius 2 is 1.63 bits per heavy atom. The van der Waals surface area contributed by atoms with E-state index in [1.165, 1.54) is 29.2 Å². The highest BCUT2D eigenvalue weighted by Gasteiger charge is 2.46. The molecule has 4 rings (SSSR count). The molecule has 2 saturated heterocycles. The number of aliphatic hydroxyl groups is 1. The number of rotatable bonds is 5. The van der Waals surface area contributed by atoms with E-state index in [9.17, 15) is 19.1 Å². The fraction of sp³-hybridized carbons (Fsp3) is 0.304. The van der Waals surface area contributed by atoms with Gasteiger partial charge >= 0.3 is 0 Å². The van der Waals surface area contributed by atoms with Crippen molar-refractivity contribution >= 4 is 29.1 Å². The standard InChI is InChI=1S/C23H22ClFN2O3/c24-17-7-3-15(4-8-17)20-19(21(28)16-5-9-18(25)10-6-16)22(29)23(30)27(20)14-13-26-11-1-2-12-26/h3-10,20,28H,1-2,11-14H2/b21-19+. The molecule has 1 N–H and O–H groups in total. The first-order valence-electron chi connectivity index (χ1n) is 9.98. The normalized spacial score (nSPS) is 21.5. The van der Waals surface area contributed by atoms with Crippen LogP contribution in [0.25, 0.3) is 5.76 Å². The smallest absolute Gasteiger partial charge is 0.295 e. The van der Waals surface area contributed by atoms with Crippen LogP contribution in [0.4, 0.5) is 4.39 Å². The van der Waals surface area contributed by atoms with E-state index in [0.717, 1.165) is 25.9 Å². The van der Waals surface area contributed by atoms with E-state index < -0.39 is 23.5 Å². The monoisotopic (exact) mass is 428 g/mol. The first kappa shape index (κ1) is 20.6. The number of nitrogens with zero attached hydrogens (tertiary/aromatic N) is 2. The molecule has 0 bridgehead atoms. The minimum absolute atomic E-state index is 0.00959. The molecule has 7 heteroatoms. The molecule has 1 atom stereocenters. The quantitative estimate of drug-likeness (QED) is 0.444. The second kappa shape index (κ2) is 8.58. The van der Waals surface area contributed by atoms with Gasteiger partial charge in [0.2, 0.25) is 0 Å². The summed E-state index contributed by atoms with van der Waals surface area (Å²) in [6.07, 6.45) is 2.26. The number of Topliss-reactive ketones (excluding diaryl/α,β-unsaturated/α-hetero) is 1. The highest BCUT2D eigenvalue weighted by atomic mass is 35.5. The van der Waals surface area contributed by atoms with Crippen molar-refractivity contribution in [3.05, 3.63) is 76.1 Å². The van der Waals surface area contributed by atoms with E-state index >= 15 is 0 Å². The summed E-state index contributed by atoms with van der Waals surface area (Å²) in [6.45, 7) is 2.99. The van der Waals surface area contributed by atoms with Gasteiger partial charge in [-0.2, -0.15) is 0 Å². The lowest BCUT2D eigenvalue weighted by Crippen LogP contribution is -2.37.